The van der Waals surface area contributed by atoms with Crippen LogP contribution < -0.4 is 14.8 Å². The first kappa shape index (κ1) is 19.5. The summed E-state index contributed by atoms with van der Waals surface area (Å²) in [6.45, 7) is 4.35. The summed E-state index contributed by atoms with van der Waals surface area (Å²) in [5, 5.41) is 3.35. The Balaban J connectivity index is 1.74. The van der Waals surface area contributed by atoms with E-state index in [9.17, 15) is 4.79 Å². The predicted molar refractivity (Wildman–Crippen MR) is 105 cm³/mol. The second kappa shape index (κ2) is 9.59. The second-order valence-corrected chi connectivity index (χ2v) is 7.37. The summed E-state index contributed by atoms with van der Waals surface area (Å²) in [6.07, 6.45) is 0. The van der Waals surface area contributed by atoms with Crippen molar-refractivity contribution in [3.63, 3.8) is 0 Å². The molecular formula is C19H22ClNO3S. The number of anilines is 1. The van der Waals surface area contributed by atoms with E-state index in [1.165, 1.54) is 0 Å². The number of nitrogens with one attached hydrogen (secondary N) is 1. The molecule has 2 aromatic carbocycles. The Hall–Kier alpha value is -1.85. The second-order valence-electron chi connectivity index (χ2n) is 5.49. The zero-order chi connectivity index (χ0) is 18.2. The van der Waals surface area contributed by atoms with Crippen LogP contribution in [0.25, 0.3) is 0 Å². The lowest BCUT2D eigenvalue weighted by atomic mass is 10.2. The molecule has 0 saturated heterocycles. The molecule has 2 aromatic rings. The van der Waals surface area contributed by atoms with Gasteiger partial charge in [-0.3, -0.25) is 4.79 Å². The number of halogens is 1. The van der Waals surface area contributed by atoms with Crippen molar-refractivity contribution >= 4 is 35.0 Å². The van der Waals surface area contributed by atoms with Gasteiger partial charge in [-0.1, -0.05) is 17.7 Å². The van der Waals surface area contributed by atoms with Crippen molar-refractivity contribution in [2.45, 2.75) is 19.1 Å². The molecule has 0 fully saturated rings. The molecule has 2 rings (SSSR count). The van der Waals surface area contributed by atoms with Gasteiger partial charge in [-0.05, 0) is 55.8 Å². The SMILES string of the molecule is COc1ccc(OCCSC(C)C(=O)Nc2cc(Cl)ccc2C)cc1. The molecule has 1 amide bonds. The number of hydrogen-bond donors (Lipinski definition) is 1. The maximum Gasteiger partial charge on any atom is 0.237 e. The Morgan fingerprint density at radius 3 is 2.56 bits per heavy atom. The van der Waals surface area contributed by atoms with Gasteiger partial charge < -0.3 is 14.8 Å². The maximum atomic E-state index is 12.3. The molecule has 0 bridgehead atoms. The van der Waals surface area contributed by atoms with E-state index in [2.05, 4.69) is 5.32 Å². The van der Waals surface area contributed by atoms with E-state index in [-0.39, 0.29) is 11.2 Å². The highest BCUT2D eigenvalue weighted by Gasteiger charge is 2.14. The van der Waals surface area contributed by atoms with Crippen LogP contribution in [0.3, 0.4) is 0 Å². The summed E-state index contributed by atoms with van der Waals surface area (Å²) in [6, 6.07) is 12.9. The largest absolute Gasteiger partial charge is 0.497 e. The number of methoxy groups -OCH3 is 1. The van der Waals surface area contributed by atoms with Crippen molar-refractivity contribution in [2.24, 2.45) is 0 Å². The van der Waals surface area contributed by atoms with Gasteiger partial charge in [0.25, 0.3) is 0 Å². The van der Waals surface area contributed by atoms with Crippen LogP contribution in [0.2, 0.25) is 5.02 Å². The minimum atomic E-state index is -0.183. The summed E-state index contributed by atoms with van der Waals surface area (Å²) in [5.41, 5.74) is 1.73. The third-order valence-corrected chi connectivity index (χ3v) is 4.96. The minimum Gasteiger partial charge on any atom is -0.497 e. The number of carbonyl (C=O) groups is 1. The lowest BCUT2D eigenvalue weighted by Gasteiger charge is -2.14. The monoisotopic (exact) mass is 379 g/mol. The molecule has 0 aliphatic heterocycles. The third-order valence-electron chi connectivity index (χ3n) is 3.61. The number of amides is 1. The van der Waals surface area contributed by atoms with E-state index < -0.39 is 0 Å². The van der Waals surface area contributed by atoms with Crippen LogP contribution in [0.5, 0.6) is 11.5 Å². The molecule has 0 aromatic heterocycles. The first-order chi connectivity index (χ1) is 12.0. The van der Waals surface area contributed by atoms with Crippen molar-refractivity contribution in [2.75, 3.05) is 24.8 Å². The van der Waals surface area contributed by atoms with Gasteiger partial charge in [-0.2, -0.15) is 0 Å². The van der Waals surface area contributed by atoms with E-state index in [0.717, 1.165) is 28.5 Å². The fourth-order valence-corrected chi connectivity index (χ4v) is 3.01. The first-order valence-electron chi connectivity index (χ1n) is 7.95. The topological polar surface area (TPSA) is 47.6 Å². The van der Waals surface area contributed by atoms with Crippen molar-refractivity contribution in [3.05, 3.63) is 53.1 Å². The highest BCUT2D eigenvalue weighted by Crippen LogP contribution is 2.22. The third kappa shape index (κ3) is 6.18. The van der Waals surface area contributed by atoms with Gasteiger partial charge >= 0.3 is 0 Å². The number of aryl methyl sites for hydroxylation is 1. The summed E-state index contributed by atoms with van der Waals surface area (Å²) in [5.74, 6) is 2.26. The Morgan fingerprint density at radius 2 is 1.88 bits per heavy atom. The number of benzene rings is 2. The summed E-state index contributed by atoms with van der Waals surface area (Å²) in [7, 11) is 1.63. The summed E-state index contributed by atoms with van der Waals surface area (Å²) < 4.78 is 10.8. The molecule has 4 nitrogen and oxygen atoms in total. The summed E-state index contributed by atoms with van der Waals surface area (Å²) in [4.78, 5) is 12.3. The average molecular weight is 380 g/mol. The van der Waals surface area contributed by atoms with Gasteiger partial charge in [0.05, 0.1) is 19.0 Å². The molecule has 25 heavy (non-hydrogen) atoms. The quantitative estimate of drug-likeness (QED) is 0.669. The van der Waals surface area contributed by atoms with Crippen LogP contribution in [0.15, 0.2) is 42.5 Å². The van der Waals surface area contributed by atoms with Crippen molar-refractivity contribution in [3.8, 4) is 11.5 Å². The highest BCUT2D eigenvalue weighted by molar-refractivity contribution is 8.00. The van der Waals surface area contributed by atoms with Gasteiger partial charge in [-0.25, -0.2) is 0 Å². The zero-order valence-corrected chi connectivity index (χ0v) is 16.1. The Kier molecular flexibility index (Phi) is 7.47. The van der Waals surface area contributed by atoms with E-state index in [0.29, 0.717) is 11.6 Å². The Morgan fingerprint density at radius 1 is 1.20 bits per heavy atom. The van der Waals surface area contributed by atoms with E-state index >= 15 is 0 Å². The van der Waals surface area contributed by atoms with Crippen LogP contribution in [0, 0.1) is 6.92 Å². The molecular weight excluding hydrogens is 358 g/mol. The molecule has 0 heterocycles. The van der Waals surface area contributed by atoms with Gasteiger partial charge in [0.15, 0.2) is 0 Å². The van der Waals surface area contributed by atoms with Gasteiger partial charge in [-0.15, -0.1) is 11.8 Å². The van der Waals surface area contributed by atoms with Crippen LogP contribution in [-0.4, -0.2) is 30.6 Å². The first-order valence-corrected chi connectivity index (χ1v) is 9.37. The van der Waals surface area contributed by atoms with Crippen molar-refractivity contribution < 1.29 is 14.3 Å². The molecule has 134 valence electrons. The Labute approximate surface area is 157 Å². The van der Waals surface area contributed by atoms with Crippen LogP contribution >= 0.6 is 23.4 Å². The van der Waals surface area contributed by atoms with Gasteiger partial charge in [0, 0.05) is 16.5 Å². The lowest BCUT2D eigenvalue weighted by molar-refractivity contribution is -0.115. The number of hydrogen-bond acceptors (Lipinski definition) is 4. The number of carbonyl (C=O) groups excluding carboxylic acids is 1. The lowest BCUT2D eigenvalue weighted by Crippen LogP contribution is -2.23. The predicted octanol–water partition coefficient (Wildman–Crippen LogP) is 4.80. The molecule has 0 aliphatic rings. The maximum absolute atomic E-state index is 12.3. The van der Waals surface area contributed by atoms with Gasteiger partial charge in [0.1, 0.15) is 11.5 Å². The molecule has 1 atom stereocenters. The Bertz CT molecular complexity index is 706. The fraction of sp³-hybridized carbons (Fsp3) is 0.316. The molecule has 0 radical (unpaired) electrons. The number of rotatable bonds is 8. The van der Waals surface area contributed by atoms with E-state index in [4.69, 9.17) is 21.1 Å². The molecule has 0 spiro atoms. The molecule has 6 heteroatoms. The molecule has 0 aliphatic carbocycles. The van der Waals surface area contributed by atoms with Gasteiger partial charge in [0.2, 0.25) is 5.91 Å². The summed E-state index contributed by atoms with van der Waals surface area (Å²) >= 11 is 7.52. The van der Waals surface area contributed by atoms with Crippen molar-refractivity contribution in [1.82, 2.24) is 0 Å². The number of ether oxygens (including phenoxy) is 2. The molecule has 0 saturated carbocycles. The van der Waals surface area contributed by atoms with Crippen molar-refractivity contribution in [1.29, 1.82) is 0 Å². The van der Waals surface area contributed by atoms with Crippen LogP contribution in [0.1, 0.15) is 12.5 Å². The van der Waals surface area contributed by atoms with Crippen LogP contribution in [0.4, 0.5) is 5.69 Å². The molecule has 1 N–H and O–H groups in total. The van der Waals surface area contributed by atoms with E-state index in [1.54, 1.807) is 31.0 Å². The fourth-order valence-electron chi connectivity index (χ4n) is 2.10. The number of thioether (sulfide) groups is 1. The average Bonchev–Trinajstić information content (AvgIpc) is 2.62. The molecule has 1 unspecified atom stereocenters. The highest BCUT2D eigenvalue weighted by atomic mass is 35.5. The normalized spacial score (nSPS) is 11.7. The van der Waals surface area contributed by atoms with E-state index in [1.807, 2.05) is 44.2 Å². The standard InChI is InChI=1S/C19H22ClNO3S/c1-13-4-5-15(20)12-18(13)21-19(22)14(2)25-11-10-24-17-8-6-16(23-3)7-9-17/h4-9,12,14H,10-11H2,1-3H3,(H,21,22). The smallest absolute Gasteiger partial charge is 0.237 e. The minimum absolute atomic E-state index is 0.0418. The zero-order valence-electron chi connectivity index (χ0n) is 14.5. The van der Waals surface area contributed by atoms with Crippen LogP contribution in [-0.2, 0) is 4.79 Å².